The van der Waals surface area contributed by atoms with E-state index in [4.69, 9.17) is 0 Å². The second-order valence-corrected chi connectivity index (χ2v) is 4.66. The van der Waals surface area contributed by atoms with E-state index >= 15 is 0 Å². The highest BCUT2D eigenvalue weighted by atomic mass is 16.3. The molecule has 0 spiro atoms. The standard InChI is InChI=1S/C15H11NO2/c17-13-6-5-9-11(15(13)18)7-10-8-3-1-2-4-12(8)16-14(9)10/h1-6,16-18H,7H2. The molecule has 4 rings (SSSR count). The predicted octanol–water partition coefficient (Wildman–Crippen LogP) is 3.15. The molecule has 3 aromatic rings. The summed E-state index contributed by atoms with van der Waals surface area (Å²) >= 11 is 0. The Kier molecular flexibility index (Phi) is 1.64. The van der Waals surface area contributed by atoms with Crippen LogP contribution in [0.15, 0.2) is 36.4 Å². The zero-order valence-corrected chi connectivity index (χ0v) is 9.57. The maximum atomic E-state index is 9.92. The Morgan fingerprint density at radius 2 is 1.78 bits per heavy atom. The number of hydrogen-bond donors (Lipinski definition) is 3. The lowest BCUT2D eigenvalue weighted by Crippen LogP contribution is -1.84. The molecular formula is C15H11NO2. The Labute approximate surface area is 103 Å². The van der Waals surface area contributed by atoms with Gasteiger partial charge >= 0.3 is 0 Å². The first kappa shape index (κ1) is 9.59. The van der Waals surface area contributed by atoms with Crippen LogP contribution < -0.4 is 0 Å². The Hall–Kier alpha value is -2.42. The van der Waals surface area contributed by atoms with Crippen molar-refractivity contribution in [2.24, 2.45) is 0 Å². The molecule has 2 aromatic carbocycles. The van der Waals surface area contributed by atoms with Crippen molar-refractivity contribution in [2.45, 2.75) is 6.42 Å². The van der Waals surface area contributed by atoms with Gasteiger partial charge in [-0.2, -0.15) is 0 Å². The normalized spacial score (nSPS) is 12.7. The van der Waals surface area contributed by atoms with Gasteiger partial charge in [-0.25, -0.2) is 0 Å². The molecule has 3 heteroatoms. The lowest BCUT2D eigenvalue weighted by Gasteiger charge is -2.04. The quantitative estimate of drug-likeness (QED) is 0.411. The van der Waals surface area contributed by atoms with Crippen LogP contribution in [0.5, 0.6) is 11.5 Å². The second kappa shape index (κ2) is 3.07. The van der Waals surface area contributed by atoms with Crippen molar-refractivity contribution in [3.8, 4) is 22.8 Å². The number of phenolic OH excluding ortho intramolecular Hbond substituents is 2. The first-order valence-electron chi connectivity index (χ1n) is 5.89. The average molecular weight is 237 g/mol. The van der Waals surface area contributed by atoms with Gasteiger partial charge in [0.05, 0.1) is 5.69 Å². The first-order chi connectivity index (χ1) is 8.75. The highest BCUT2D eigenvalue weighted by Crippen LogP contribution is 2.46. The molecular weight excluding hydrogens is 226 g/mol. The molecule has 0 aliphatic heterocycles. The Morgan fingerprint density at radius 1 is 0.944 bits per heavy atom. The van der Waals surface area contributed by atoms with Crippen LogP contribution in [0.3, 0.4) is 0 Å². The van der Waals surface area contributed by atoms with Gasteiger partial charge in [0.15, 0.2) is 11.5 Å². The summed E-state index contributed by atoms with van der Waals surface area (Å²) in [6.45, 7) is 0. The molecule has 3 N–H and O–H groups in total. The van der Waals surface area contributed by atoms with Crippen LogP contribution >= 0.6 is 0 Å². The molecule has 88 valence electrons. The van der Waals surface area contributed by atoms with Crippen molar-refractivity contribution >= 4 is 10.9 Å². The van der Waals surface area contributed by atoms with Gasteiger partial charge in [0.2, 0.25) is 0 Å². The Morgan fingerprint density at radius 3 is 2.67 bits per heavy atom. The number of aromatic hydroxyl groups is 2. The largest absolute Gasteiger partial charge is 0.504 e. The van der Waals surface area contributed by atoms with Crippen molar-refractivity contribution in [3.05, 3.63) is 47.5 Å². The molecule has 0 bridgehead atoms. The lowest BCUT2D eigenvalue weighted by atomic mass is 10.1. The fraction of sp³-hybridized carbons (Fsp3) is 0.0667. The molecule has 1 aliphatic rings. The number of benzene rings is 2. The van der Waals surface area contributed by atoms with E-state index in [2.05, 4.69) is 11.1 Å². The molecule has 3 nitrogen and oxygen atoms in total. The van der Waals surface area contributed by atoms with Gasteiger partial charge in [0, 0.05) is 28.5 Å². The number of nitrogens with one attached hydrogen (secondary N) is 1. The first-order valence-corrected chi connectivity index (χ1v) is 5.89. The van der Waals surface area contributed by atoms with Crippen LogP contribution in [0.1, 0.15) is 11.1 Å². The number of aromatic amines is 1. The molecule has 0 saturated heterocycles. The van der Waals surface area contributed by atoms with Crippen LogP contribution in [0, 0.1) is 0 Å². The van der Waals surface area contributed by atoms with E-state index in [-0.39, 0.29) is 11.5 Å². The minimum Gasteiger partial charge on any atom is -0.504 e. The van der Waals surface area contributed by atoms with Crippen LogP contribution in [-0.4, -0.2) is 15.2 Å². The molecule has 0 radical (unpaired) electrons. The summed E-state index contributed by atoms with van der Waals surface area (Å²) in [5.41, 5.74) is 5.15. The van der Waals surface area contributed by atoms with Crippen molar-refractivity contribution in [3.63, 3.8) is 0 Å². The number of hydrogen-bond acceptors (Lipinski definition) is 2. The molecule has 1 aliphatic carbocycles. The number of rotatable bonds is 0. The molecule has 1 heterocycles. The van der Waals surface area contributed by atoms with E-state index in [0.29, 0.717) is 6.42 Å². The third-order valence-corrected chi connectivity index (χ3v) is 3.70. The van der Waals surface area contributed by atoms with Gasteiger partial charge < -0.3 is 15.2 Å². The summed E-state index contributed by atoms with van der Waals surface area (Å²) in [6.07, 6.45) is 0.662. The van der Waals surface area contributed by atoms with E-state index in [1.54, 1.807) is 0 Å². The maximum Gasteiger partial charge on any atom is 0.161 e. The third-order valence-electron chi connectivity index (χ3n) is 3.70. The minimum absolute atomic E-state index is 0.00109. The minimum atomic E-state index is -0.0526. The van der Waals surface area contributed by atoms with Crippen LogP contribution in [-0.2, 0) is 6.42 Å². The second-order valence-electron chi connectivity index (χ2n) is 4.66. The highest BCUT2D eigenvalue weighted by molar-refractivity contribution is 5.95. The van der Waals surface area contributed by atoms with E-state index in [9.17, 15) is 10.2 Å². The average Bonchev–Trinajstić information content (AvgIpc) is 2.90. The van der Waals surface area contributed by atoms with Gasteiger partial charge in [-0.3, -0.25) is 0 Å². The van der Waals surface area contributed by atoms with Crippen LogP contribution in [0.25, 0.3) is 22.2 Å². The summed E-state index contributed by atoms with van der Waals surface area (Å²) in [5.74, 6) is -0.0515. The summed E-state index contributed by atoms with van der Waals surface area (Å²) in [7, 11) is 0. The van der Waals surface area contributed by atoms with E-state index in [1.165, 1.54) is 17.0 Å². The SMILES string of the molecule is Oc1ccc2c(c1O)Cc1c-2[nH]c2ccccc12. The van der Waals surface area contributed by atoms with Gasteiger partial charge in [-0.1, -0.05) is 18.2 Å². The number of H-pyrrole nitrogens is 1. The Balaban J connectivity index is 2.07. The molecule has 0 amide bonds. The molecule has 0 unspecified atom stereocenters. The molecule has 0 atom stereocenters. The molecule has 0 saturated carbocycles. The zero-order chi connectivity index (χ0) is 12.3. The van der Waals surface area contributed by atoms with E-state index < -0.39 is 0 Å². The number of phenols is 2. The molecule has 18 heavy (non-hydrogen) atoms. The zero-order valence-electron chi connectivity index (χ0n) is 9.57. The topological polar surface area (TPSA) is 56.2 Å². The third kappa shape index (κ3) is 1.03. The Bertz CT molecular complexity index is 787. The van der Waals surface area contributed by atoms with Crippen LogP contribution in [0.2, 0.25) is 0 Å². The lowest BCUT2D eigenvalue weighted by molar-refractivity contribution is 0.401. The summed E-state index contributed by atoms with van der Waals surface area (Å²) < 4.78 is 0. The van der Waals surface area contributed by atoms with Gasteiger partial charge in [-0.15, -0.1) is 0 Å². The van der Waals surface area contributed by atoms with Crippen molar-refractivity contribution in [1.82, 2.24) is 4.98 Å². The van der Waals surface area contributed by atoms with Crippen molar-refractivity contribution in [1.29, 1.82) is 0 Å². The van der Waals surface area contributed by atoms with E-state index in [1.807, 2.05) is 24.3 Å². The van der Waals surface area contributed by atoms with Gasteiger partial charge in [-0.05, 0) is 23.8 Å². The fourth-order valence-electron chi connectivity index (χ4n) is 2.83. The number of aromatic nitrogens is 1. The van der Waals surface area contributed by atoms with Crippen molar-refractivity contribution < 1.29 is 10.2 Å². The number of para-hydroxylation sites is 1. The maximum absolute atomic E-state index is 9.92. The van der Waals surface area contributed by atoms with Crippen LogP contribution in [0.4, 0.5) is 0 Å². The summed E-state index contributed by atoms with van der Waals surface area (Å²) in [6, 6.07) is 11.5. The fourth-order valence-corrected chi connectivity index (χ4v) is 2.83. The molecule has 1 aromatic heterocycles. The predicted molar refractivity (Wildman–Crippen MR) is 69.9 cm³/mol. The van der Waals surface area contributed by atoms with E-state index in [0.717, 1.165) is 22.3 Å². The number of fused-ring (bicyclic) bond motifs is 5. The van der Waals surface area contributed by atoms with Gasteiger partial charge in [0.1, 0.15) is 0 Å². The molecule has 0 fully saturated rings. The smallest absolute Gasteiger partial charge is 0.161 e. The van der Waals surface area contributed by atoms with Gasteiger partial charge in [0.25, 0.3) is 0 Å². The van der Waals surface area contributed by atoms with Crippen molar-refractivity contribution in [2.75, 3.05) is 0 Å². The summed E-state index contributed by atoms with van der Waals surface area (Å²) in [5, 5.41) is 20.7. The highest BCUT2D eigenvalue weighted by Gasteiger charge is 2.26. The monoisotopic (exact) mass is 237 g/mol. The summed E-state index contributed by atoms with van der Waals surface area (Å²) in [4.78, 5) is 3.39.